The van der Waals surface area contributed by atoms with Gasteiger partial charge >= 0.3 is 0 Å². The number of thioether (sulfide) groups is 1. The maximum atomic E-state index is 13.4. The van der Waals surface area contributed by atoms with E-state index < -0.39 is 10.0 Å². The summed E-state index contributed by atoms with van der Waals surface area (Å²) in [6.45, 7) is 1.65. The Morgan fingerprint density at radius 2 is 1.77 bits per heavy atom. The van der Waals surface area contributed by atoms with E-state index in [1.165, 1.54) is 34.9 Å². The maximum absolute atomic E-state index is 13.4. The molecule has 0 aliphatic heterocycles. The van der Waals surface area contributed by atoms with Gasteiger partial charge in [-0.1, -0.05) is 29.1 Å². The van der Waals surface area contributed by atoms with Gasteiger partial charge in [-0.05, 0) is 67.6 Å². The number of fused-ring (bicyclic) bond motifs is 1. The molecule has 0 saturated carbocycles. The van der Waals surface area contributed by atoms with Crippen LogP contribution in [0, 0.1) is 6.92 Å². The van der Waals surface area contributed by atoms with Crippen LogP contribution < -0.4 is 20.3 Å². The summed E-state index contributed by atoms with van der Waals surface area (Å²) < 4.78 is 39.1. The molecule has 0 saturated heterocycles. The van der Waals surface area contributed by atoms with Crippen molar-refractivity contribution in [3.8, 4) is 11.4 Å². The van der Waals surface area contributed by atoms with E-state index in [0.717, 1.165) is 11.8 Å². The van der Waals surface area contributed by atoms with E-state index in [9.17, 15) is 18.0 Å². The zero-order valence-corrected chi connectivity index (χ0v) is 23.0. The van der Waals surface area contributed by atoms with E-state index in [4.69, 9.17) is 9.26 Å². The number of rotatable bonds is 9. The quantitative estimate of drug-likeness (QED) is 0.194. The summed E-state index contributed by atoms with van der Waals surface area (Å²) in [6.07, 6.45) is 0. The van der Waals surface area contributed by atoms with Crippen molar-refractivity contribution in [2.45, 2.75) is 17.0 Å². The van der Waals surface area contributed by atoms with Gasteiger partial charge < -0.3 is 14.6 Å². The van der Waals surface area contributed by atoms with Crippen molar-refractivity contribution in [2.75, 3.05) is 22.9 Å². The fourth-order valence-corrected chi connectivity index (χ4v) is 5.62. The van der Waals surface area contributed by atoms with Crippen molar-refractivity contribution in [1.82, 2.24) is 14.7 Å². The van der Waals surface area contributed by atoms with Gasteiger partial charge in [-0.2, -0.15) is 0 Å². The minimum Gasteiger partial charge on any atom is -0.497 e. The highest BCUT2D eigenvalue weighted by Crippen LogP contribution is 2.24. The second kappa shape index (κ2) is 11.2. The number of nitrogens with zero attached hydrogens (tertiary/aromatic N) is 3. The number of carbonyl (C=O) groups excluding carboxylic acids is 1. The van der Waals surface area contributed by atoms with Crippen LogP contribution in [0.3, 0.4) is 0 Å². The molecule has 13 heteroatoms. The zero-order valence-electron chi connectivity index (χ0n) is 21.3. The monoisotopic (exact) mass is 577 g/mol. The van der Waals surface area contributed by atoms with Crippen LogP contribution in [0.25, 0.3) is 16.6 Å². The summed E-state index contributed by atoms with van der Waals surface area (Å²) in [7, 11) is -2.33. The van der Waals surface area contributed by atoms with Gasteiger partial charge in [0.1, 0.15) is 11.5 Å². The van der Waals surface area contributed by atoms with Gasteiger partial charge in [0.05, 0.1) is 34.3 Å². The lowest BCUT2D eigenvalue weighted by Crippen LogP contribution is -2.23. The van der Waals surface area contributed by atoms with Crippen molar-refractivity contribution in [3.63, 3.8) is 0 Å². The maximum Gasteiger partial charge on any atom is 0.266 e. The summed E-state index contributed by atoms with van der Waals surface area (Å²) in [5.41, 5.74) is 1.25. The molecule has 11 nitrogen and oxygen atoms in total. The van der Waals surface area contributed by atoms with E-state index in [1.54, 1.807) is 62.6 Å². The molecule has 204 valence electrons. The molecular formula is C27H23N5O6S2. The van der Waals surface area contributed by atoms with Crippen LogP contribution in [-0.2, 0) is 14.8 Å². The highest BCUT2D eigenvalue weighted by atomic mass is 32.2. The van der Waals surface area contributed by atoms with E-state index in [-0.39, 0.29) is 27.9 Å². The second-order valence-corrected chi connectivity index (χ2v) is 11.2. The number of para-hydroxylation sites is 1. The molecule has 40 heavy (non-hydrogen) atoms. The Kier molecular flexibility index (Phi) is 7.58. The molecule has 2 heterocycles. The number of hydrogen-bond acceptors (Lipinski definition) is 9. The average molecular weight is 578 g/mol. The normalized spacial score (nSPS) is 11.3. The Balaban J connectivity index is 1.32. The standard InChI is InChI=1S/C27H23N5O6S2/c1-17-15-24(30-38-17)31-40(35,36)21-13-7-18(8-14-21)28-25(33)16-39-27-29-23-6-4-3-5-22(23)26(34)32(27)19-9-11-20(37-2)12-10-19/h3-15H,16H2,1-2H3,(H,28,33)(H,30,31). The average Bonchev–Trinajstić information content (AvgIpc) is 3.36. The number of carbonyl (C=O) groups is 1. The number of nitrogens with one attached hydrogen (secondary N) is 2. The Morgan fingerprint density at radius 1 is 1.05 bits per heavy atom. The number of amides is 1. The summed E-state index contributed by atoms with van der Waals surface area (Å²) in [5.74, 6) is 0.770. The predicted molar refractivity (Wildman–Crippen MR) is 152 cm³/mol. The second-order valence-electron chi connectivity index (χ2n) is 8.54. The van der Waals surface area contributed by atoms with Crippen molar-refractivity contribution < 1.29 is 22.5 Å². The summed E-state index contributed by atoms with van der Waals surface area (Å²) in [5, 5.41) is 7.16. The molecule has 5 rings (SSSR count). The molecule has 0 radical (unpaired) electrons. The molecule has 0 bridgehead atoms. The van der Waals surface area contributed by atoms with Crippen molar-refractivity contribution in [3.05, 3.63) is 95.0 Å². The first-order chi connectivity index (χ1) is 19.2. The lowest BCUT2D eigenvalue weighted by atomic mass is 10.2. The fourth-order valence-electron chi connectivity index (χ4n) is 3.82. The van der Waals surface area contributed by atoms with E-state index >= 15 is 0 Å². The number of hydrogen-bond donors (Lipinski definition) is 2. The number of anilines is 2. The Bertz CT molecular complexity index is 1850. The number of benzene rings is 3. The fraction of sp³-hybridized carbons (Fsp3) is 0.111. The van der Waals surface area contributed by atoms with E-state index in [0.29, 0.717) is 38.9 Å². The molecule has 3 aromatic carbocycles. The molecule has 0 spiro atoms. The van der Waals surface area contributed by atoms with Crippen LogP contribution in [-0.4, -0.2) is 41.9 Å². The van der Waals surface area contributed by atoms with E-state index in [1.807, 2.05) is 0 Å². The van der Waals surface area contributed by atoms with Gasteiger partial charge in [0, 0.05) is 11.8 Å². The first kappa shape index (κ1) is 27.0. The number of methoxy groups -OCH3 is 1. The zero-order chi connectivity index (χ0) is 28.3. The van der Waals surface area contributed by atoms with Crippen LogP contribution in [0.1, 0.15) is 5.76 Å². The molecule has 1 amide bonds. The summed E-state index contributed by atoms with van der Waals surface area (Å²) in [6, 6.07) is 21.1. The lowest BCUT2D eigenvalue weighted by molar-refractivity contribution is -0.113. The van der Waals surface area contributed by atoms with Crippen LogP contribution in [0.5, 0.6) is 5.75 Å². The molecule has 0 atom stereocenters. The van der Waals surface area contributed by atoms with Gasteiger partial charge in [0.25, 0.3) is 15.6 Å². The summed E-state index contributed by atoms with van der Waals surface area (Å²) >= 11 is 1.11. The van der Waals surface area contributed by atoms with Crippen molar-refractivity contribution in [1.29, 1.82) is 0 Å². The van der Waals surface area contributed by atoms with Crippen molar-refractivity contribution in [2.24, 2.45) is 0 Å². The Labute approximate surface area is 233 Å². The largest absolute Gasteiger partial charge is 0.497 e. The molecule has 2 aromatic heterocycles. The Morgan fingerprint density at radius 3 is 2.45 bits per heavy atom. The molecule has 0 unspecified atom stereocenters. The molecule has 0 fully saturated rings. The van der Waals surface area contributed by atoms with Gasteiger partial charge in [-0.3, -0.25) is 18.9 Å². The third-order valence-electron chi connectivity index (χ3n) is 5.72. The smallest absolute Gasteiger partial charge is 0.266 e. The third-order valence-corrected chi connectivity index (χ3v) is 8.03. The minimum absolute atomic E-state index is 0.00982. The van der Waals surface area contributed by atoms with Crippen molar-refractivity contribution >= 4 is 50.1 Å². The number of sulfonamides is 1. The van der Waals surface area contributed by atoms with Crippen LogP contribution in [0.15, 0.2) is 98.2 Å². The Hall–Kier alpha value is -4.62. The lowest BCUT2D eigenvalue weighted by Gasteiger charge is -2.14. The van der Waals surface area contributed by atoms with Crippen LogP contribution >= 0.6 is 11.8 Å². The molecule has 2 N–H and O–H groups in total. The van der Waals surface area contributed by atoms with Crippen LogP contribution in [0.2, 0.25) is 0 Å². The highest BCUT2D eigenvalue weighted by Gasteiger charge is 2.18. The molecule has 0 aliphatic rings. The SMILES string of the molecule is COc1ccc(-n2c(SCC(=O)Nc3ccc(S(=O)(=O)Nc4cc(C)on4)cc3)nc3ccccc3c2=O)cc1. The first-order valence-electron chi connectivity index (χ1n) is 11.9. The summed E-state index contributed by atoms with van der Waals surface area (Å²) in [4.78, 5) is 30.8. The number of aromatic nitrogens is 3. The van der Waals surface area contributed by atoms with Crippen LogP contribution in [0.4, 0.5) is 11.5 Å². The van der Waals surface area contributed by atoms with Gasteiger partial charge in [0.2, 0.25) is 5.91 Å². The van der Waals surface area contributed by atoms with Gasteiger partial charge in [-0.15, -0.1) is 0 Å². The first-order valence-corrected chi connectivity index (χ1v) is 14.4. The minimum atomic E-state index is -3.89. The highest BCUT2D eigenvalue weighted by molar-refractivity contribution is 7.99. The number of ether oxygens (including phenoxy) is 1. The molecule has 0 aliphatic carbocycles. The predicted octanol–water partition coefficient (Wildman–Crippen LogP) is 4.22. The number of aryl methyl sites for hydroxylation is 1. The molecule has 5 aromatic rings. The van der Waals surface area contributed by atoms with Gasteiger partial charge in [0.15, 0.2) is 11.0 Å². The van der Waals surface area contributed by atoms with E-state index in [2.05, 4.69) is 20.2 Å². The topological polar surface area (TPSA) is 145 Å². The molecular weight excluding hydrogens is 554 g/mol. The third kappa shape index (κ3) is 5.84. The van der Waals surface area contributed by atoms with Gasteiger partial charge in [-0.25, -0.2) is 13.4 Å².